The Labute approximate surface area is 112 Å². The third-order valence-electron chi connectivity index (χ3n) is 4.34. The average Bonchev–Trinajstić information content (AvgIpc) is 3.07. The van der Waals surface area contributed by atoms with E-state index in [0.717, 1.165) is 31.5 Å². The molecule has 102 valence electrons. The van der Waals surface area contributed by atoms with Gasteiger partial charge in [0, 0.05) is 19.0 Å². The van der Waals surface area contributed by atoms with E-state index < -0.39 is 0 Å². The zero-order chi connectivity index (χ0) is 13.4. The van der Waals surface area contributed by atoms with E-state index in [2.05, 4.69) is 0 Å². The summed E-state index contributed by atoms with van der Waals surface area (Å²) in [6, 6.07) is 6.52. The van der Waals surface area contributed by atoms with Crippen molar-refractivity contribution in [3.05, 3.63) is 35.6 Å². The molecule has 3 rings (SSSR count). The first kappa shape index (κ1) is 12.6. The number of halogens is 1. The number of carbonyl (C=O) groups is 1. The summed E-state index contributed by atoms with van der Waals surface area (Å²) in [4.78, 5) is 14.3. The molecule has 2 N–H and O–H groups in total. The molecule has 1 aromatic rings. The van der Waals surface area contributed by atoms with Crippen molar-refractivity contribution in [3.8, 4) is 0 Å². The molecule has 3 atom stereocenters. The SMILES string of the molecule is NC[C@@H]1CCN(C(=O)[C@H]2C[C@@H]2c2ccc(F)cc2)C1. The summed E-state index contributed by atoms with van der Waals surface area (Å²) >= 11 is 0. The molecule has 1 heterocycles. The fraction of sp³-hybridized carbons (Fsp3) is 0.533. The number of likely N-dealkylation sites (tertiary alicyclic amines) is 1. The van der Waals surface area contributed by atoms with Crippen LogP contribution in [0.4, 0.5) is 4.39 Å². The first-order chi connectivity index (χ1) is 9.19. The quantitative estimate of drug-likeness (QED) is 0.902. The van der Waals surface area contributed by atoms with Crippen molar-refractivity contribution in [2.75, 3.05) is 19.6 Å². The third-order valence-corrected chi connectivity index (χ3v) is 4.34. The second-order valence-corrected chi connectivity index (χ2v) is 5.67. The Morgan fingerprint density at radius 2 is 2.11 bits per heavy atom. The van der Waals surface area contributed by atoms with Crippen molar-refractivity contribution in [3.63, 3.8) is 0 Å². The molecule has 1 amide bonds. The molecular weight excluding hydrogens is 243 g/mol. The Balaban J connectivity index is 1.60. The molecule has 1 aliphatic carbocycles. The van der Waals surface area contributed by atoms with E-state index in [1.165, 1.54) is 12.1 Å². The standard InChI is InChI=1S/C15H19FN2O/c16-12-3-1-11(2-4-12)13-7-14(13)15(19)18-6-5-10(8-17)9-18/h1-4,10,13-14H,5-9,17H2/t10-,13+,14-/m0/s1. The van der Waals surface area contributed by atoms with Gasteiger partial charge in [0.1, 0.15) is 5.82 Å². The highest BCUT2D eigenvalue weighted by Crippen LogP contribution is 2.48. The van der Waals surface area contributed by atoms with Gasteiger partial charge in [0.2, 0.25) is 5.91 Å². The Bertz CT molecular complexity index is 474. The van der Waals surface area contributed by atoms with Crippen LogP contribution in [0.15, 0.2) is 24.3 Å². The molecule has 1 aliphatic heterocycles. The number of carbonyl (C=O) groups excluding carboxylic acids is 1. The number of rotatable bonds is 3. The normalized spacial score (nSPS) is 29.6. The van der Waals surface area contributed by atoms with Gasteiger partial charge >= 0.3 is 0 Å². The van der Waals surface area contributed by atoms with Crippen LogP contribution in [-0.4, -0.2) is 30.4 Å². The lowest BCUT2D eigenvalue weighted by Gasteiger charge is -2.16. The minimum Gasteiger partial charge on any atom is -0.342 e. The summed E-state index contributed by atoms with van der Waals surface area (Å²) < 4.78 is 12.9. The van der Waals surface area contributed by atoms with Gasteiger partial charge < -0.3 is 10.6 Å². The number of benzene rings is 1. The van der Waals surface area contributed by atoms with Crippen molar-refractivity contribution >= 4 is 5.91 Å². The highest BCUT2D eigenvalue weighted by molar-refractivity contribution is 5.83. The Hall–Kier alpha value is -1.42. The summed E-state index contributed by atoms with van der Waals surface area (Å²) in [5, 5.41) is 0. The number of nitrogens with zero attached hydrogens (tertiary/aromatic N) is 1. The maximum Gasteiger partial charge on any atom is 0.226 e. The van der Waals surface area contributed by atoms with Gasteiger partial charge in [0.15, 0.2) is 0 Å². The fourth-order valence-corrected chi connectivity index (χ4v) is 3.01. The van der Waals surface area contributed by atoms with Gasteiger partial charge in [-0.3, -0.25) is 4.79 Å². The second kappa shape index (κ2) is 4.93. The predicted molar refractivity (Wildman–Crippen MR) is 71.0 cm³/mol. The van der Waals surface area contributed by atoms with E-state index in [4.69, 9.17) is 5.73 Å². The molecule has 1 saturated carbocycles. The summed E-state index contributed by atoms with van der Waals surface area (Å²) in [6.07, 6.45) is 1.92. The summed E-state index contributed by atoms with van der Waals surface area (Å²) in [6.45, 7) is 2.31. The van der Waals surface area contributed by atoms with Crippen LogP contribution in [0, 0.1) is 17.7 Å². The fourth-order valence-electron chi connectivity index (χ4n) is 3.01. The van der Waals surface area contributed by atoms with E-state index in [1.54, 1.807) is 12.1 Å². The van der Waals surface area contributed by atoms with Crippen molar-refractivity contribution < 1.29 is 9.18 Å². The van der Waals surface area contributed by atoms with Gasteiger partial charge in [-0.25, -0.2) is 4.39 Å². The molecule has 0 bridgehead atoms. The van der Waals surface area contributed by atoms with Crippen molar-refractivity contribution in [2.24, 2.45) is 17.6 Å². The van der Waals surface area contributed by atoms with Crippen LogP contribution in [0.25, 0.3) is 0 Å². The van der Waals surface area contributed by atoms with Gasteiger partial charge in [-0.05, 0) is 48.9 Å². The van der Waals surface area contributed by atoms with E-state index in [9.17, 15) is 9.18 Å². The van der Waals surface area contributed by atoms with E-state index >= 15 is 0 Å². The summed E-state index contributed by atoms with van der Waals surface area (Å²) in [5.74, 6) is 0.877. The minimum atomic E-state index is -0.224. The van der Waals surface area contributed by atoms with Crippen LogP contribution in [0.1, 0.15) is 24.3 Å². The summed E-state index contributed by atoms with van der Waals surface area (Å²) in [7, 11) is 0. The highest BCUT2D eigenvalue weighted by atomic mass is 19.1. The molecule has 1 aromatic carbocycles. The number of hydrogen-bond acceptors (Lipinski definition) is 2. The topological polar surface area (TPSA) is 46.3 Å². The molecule has 19 heavy (non-hydrogen) atoms. The van der Waals surface area contributed by atoms with Gasteiger partial charge in [-0.15, -0.1) is 0 Å². The Morgan fingerprint density at radius 3 is 2.74 bits per heavy atom. The molecule has 1 saturated heterocycles. The number of amides is 1. The Kier molecular flexibility index (Phi) is 3.27. The number of hydrogen-bond donors (Lipinski definition) is 1. The first-order valence-electron chi connectivity index (χ1n) is 6.93. The molecule has 0 spiro atoms. The minimum absolute atomic E-state index is 0.0991. The molecular formula is C15H19FN2O. The molecule has 3 nitrogen and oxygen atoms in total. The lowest BCUT2D eigenvalue weighted by atomic mass is 10.1. The van der Waals surface area contributed by atoms with E-state index in [1.807, 2.05) is 4.90 Å². The predicted octanol–water partition coefficient (Wildman–Crippen LogP) is 1.74. The molecule has 4 heteroatoms. The Morgan fingerprint density at radius 1 is 1.37 bits per heavy atom. The van der Waals surface area contributed by atoms with Crippen LogP contribution in [0.3, 0.4) is 0 Å². The zero-order valence-electron chi connectivity index (χ0n) is 10.9. The largest absolute Gasteiger partial charge is 0.342 e. The third kappa shape index (κ3) is 2.50. The highest BCUT2D eigenvalue weighted by Gasteiger charge is 2.46. The maximum absolute atomic E-state index is 12.9. The second-order valence-electron chi connectivity index (χ2n) is 5.67. The molecule has 2 fully saturated rings. The molecule has 0 radical (unpaired) electrons. The molecule has 0 aromatic heterocycles. The zero-order valence-corrected chi connectivity index (χ0v) is 10.9. The molecule has 2 aliphatic rings. The molecule has 0 unspecified atom stereocenters. The van der Waals surface area contributed by atoms with Crippen LogP contribution < -0.4 is 5.73 Å². The monoisotopic (exact) mass is 262 g/mol. The van der Waals surface area contributed by atoms with E-state index in [0.29, 0.717) is 12.5 Å². The number of nitrogens with two attached hydrogens (primary N) is 1. The van der Waals surface area contributed by atoms with Gasteiger partial charge in [-0.2, -0.15) is 0 Å². The van der Waals surface area contributed by atoms with Crippen LogP contribution in [-0.2, 0) is 4.79 Å². The first-order valence-corrected chi connectivity index (χ1v) is 6.93. The van der Waals surface area contributed by atoms with Crippen LogP contribution in [0.2, 0.25) is 0 Å². The van der Waals surface area contributed by atoms with E-state index in [-0.39, 0.29) is 23.6 Å². The average molecular weight is 262 g/mol. The van der Waals surface area contributed by atoms with Crippen molar-refractivity contribution in [1.82, 2.24) is 4.90 Å². The van der Waals surface area contributed by atoms with Crippen LogP contribution >= 0.6 is 0 Å². The van der Waals surface area contributed by atoms with Crippen molar-refractivity contribution in [2.45, 2.75) is 18.8 Å². The summed E-state index contributed by atoms with van der Waals surface area (Å²) in [5.41, 5.74) is 6.73. The maximum atomic E-state index is 12.9. The smallest absolute Gasteiger partial charge is 0.226 e. The van der Waals surface area contributed by atoms with Crippen LogP contribution in [0.5, 0.6) is 0 Å². The van der Waals surface area contributed by atoms with Gasteiger partial charge in [0.05, 0.1) is 0 Å². The lowest BCUT2D eigenvalue weighted by molar-refractivity contribution is -0.131. The van der Waals surface area contributed by atoms with Gasteiger partial charge in [0.25, 0.3) is 0 Å². The van der Waals surface area contributed by atoms with Gasteiger partial charge in [-0.1, -0.05) is 12.1 Å². The lowest BCUT2D eigenvalue weighted by Crippen LogP contribution is -2.31. The van der Waals surface area contributed by atoms with Crippen molar-refractivity contribution in [1.29, 1.82) is 0 Å².